The minimum absolute atomic E-state index is 0.0953. The van der Waals surface area contributed by atoms with E-state index in [9.17, 15) is 9.59 Å². The van der Waals surface area contributed by atoms with Gasteiger partial charge >= 0.3 is 23.9 Å². The first kappa shape index (κ1) is 30.0. The van der Waals surface area contributed by atoms with Crippen LogP contribution < -0.4 is 0 Å². The van der Waals surface area contributed by atoms with E-state index in [2.05, 4.69) is 0 Å². The van der Waals surface area contributed by atoms with E-state index < -0.39 is 23.9 Å². The molecule has 1 aromatic rings. The minimum atomic E-state index is -1.70. The molecule has 0 radical (unpaired) electrons. The Labute approximate surface area is 201 Å². The third kappa shape index (κ3) is 9.28. The Morgan fingerprint density at radius 3 is 1.26 bits per heavy atom. The summed E-state index contributed by atoms with van der Waals surface area (Å²) in [6.07, 6.45) is 0. The maximum absolute atomic E-state index is 12.9. The predicted molar refractivity (Wildman–Crippen MR) is 122 cm³/mol. The molecule has 1 rings (SSSR count). The molecule has 0 unspecified atom stereocenters. The summed E-state index contributed by atoms with van der Waals surface area (Å²) in [5.41, 5.74) is 0.191. The largest absolute Gasteiger partial charge is 0.402 e. The van der Waals surface area contributed by atoms with Gasteiger partial charge in [-0.25, -0.2) is 9.59 Å². The predicted octanol–water partition coefficient (Wildman–Crippen LogP) is 3.53. The van der Waals surface area contributed by atoms with Crippen LogP contribution in [0, 0.1) is 0 Å². The van der Waals surface area contributed by atoms with Gasteiger partial charge in [0.15, 0.2) is 0 Å². The summed E-state index contributed by atoms with van der Waals surface area (Å²) in [5.74, 6) is -4.93. The molecule has 0 bridgehead atoms. The molecule has 0 atom stereocenters. The molecule has 0 aliphatic heterocycles. The Morgan fingerprint density at radius 2 is 0.971 bits per heavy atom. The zero-order chi connectivity index (χ0) is 25.5. The lowest BCUT2D eigenvalue weighted by atomic mass is 10.1. The maximum atomic E-state index is 12.9. The Kier molecular flexibility index (Phi) is 13.9. The lowest BCUT2D eigenvalue weighted by Gasteiger charge is -2.32. The zero-order valence-electron chi connectivity index (χ0n) is 21.0. The fourth-order valence-electron chi connectivity index (χ4n) is 2.93. The second-order valence-electron chi connectivity index (χ2n) is 6.73. The fraction of sp³-hybridized carbons (Fsp3) is 0.667. The van der Waals surface area contributed by atoms with Gasteiger partial charge in [0.1, 0.15) is 13.2 Å². The van der Waals surface area contributed by atoms with E-state index in [1.807, 2.05) is 0 Å². The topological polar surface area (TPSA) is 108 Å². The molecule has 0 heterocycles. The highest BCUT2D eigenvalue weighted by molar-refractivity contribution is 5.95. The molecule has 0 N–H and O–H groups in total. The van der Waals surface area contributed by atoms with Gasteiger partial charge in [0, 0.05) is 13.2 Å². The van der Waals surface area contributed by atoms with Crippen molar-refractivity contribution in [2.45, 2.75) is 53.5 Å². The van der Waals surface area contributed by atoms with Crippen molar-refractivity contribution in [2.75, 3.05) is 52.9 Å². The molecular formula is C24H38O10. The van der Waals surface area contributed by atoms with Gasteiger partial charge in [-0.3, -0.25) is 0 Å². The van der Waals surface area contributed by atoms with Crippen molar-refractivity contribution < 1.29 is 47.5 Å². The summed E-state index contributed by atoms with van der Waals surface area (Å²) in [6.45, 7) is 12.0. The van der Waals surface area contributed by atoms with Gasteiger partial charge < -0.3 is 37.9 Å². The van der Waals surface area contributed by atoms with Crippen LogP contribution in [0.3, 0.4) is 0 Å². The first-order valence-electron chi connectivity index (χ1n) is 11.6. The second kappa shape index (κ2) is 15.8. The van der Waals surface area contributed by atoms with Gasteiger partial charge in [-0.15, -0.1) is 0 Å². The fourth-order valence-corrected chi connectivity index (χ4v) is 2.93. The molecule has 194 valence electrons. The van der Waals surface area contributed by atoms with Crippen LogP contribution in [0.5, 0.6) is 0 Å². The van der Waals surface area contributed by atoms with Crippen molar-refractivity contribution in [2.24, 2.45) is 0 Å². The number of hydrogen-bond acceptors (Lipinski definition) is 10. The quantitative estimate of drug-likeness (QED) is 0.226. The minimum Gasteiger partial charge on any atom is -0.402 e. The molecule has 0 fully saturated rings. The van der Waals surface area contributed by atoms with Crippen molar-refractivity contribution in [3.8, 4) is 0 Å². The van der Waals surface area contributed by atoms with Gasteiger partial charge in [-0.1, -0.05) is 6.07 Å². The molecule has 0 aliphatic carbocycles. The number of rotatable bonds is 18. The van der Waals surface area contributed by atoms with Gasteiger partial charge in [0.2, 0.25) is 0 Å². The van der Waals surface area contributed by atoms with E-state index >= 15 is 0 Å². The van der Waals surface area contributed by atoms with Crippen LogP contribution in [0.1, 0.15) is 62.3 Å². The zero-order valence-corrected chi connectivity index (χ0v) is 21.0. The Morgan fingerprint density at radius 1 is 0.618 bits per heavy atom. The highest BCUT2D eigenvalue weighted by Crippen LogP contribution is 2.22. The molecule has 10 nitrogen and oxygen atoms in total. The molecule has 0 aliphatic rings. The van der Waals surface area contributed by atoms with Crippen LogP contribution in [0.4, 0.5) is 0 Å². The number of benzene rings is 1. The summed E-state index contributed by atoms with van der Waals surface area (Å²) in [5, 5.41) is 0. The average molecular weight is 487 g/mol. The van der Waals surface area contributed by atoms with E-state index in [0.29, 0.717) is 13.2 Å². The van der Waals surface area contributed by atoms with Crippen LogP contribution in [0.15, 0.2) is 24.3 Å². The second-order valence-corrected chi connectivity index (χ2v) is 6.73. The SMILES string of the molecule is CCOCC(OCC)(OCC)OC(=O)c1cccc(C(=O)OC(COCC)(OCC)OCC)c1. The Balaban J connectivity index is 3.12. The number of hydrogen-bond donors (Lipinski definition) is 0. The monoisotopic (exact) mass is 486 g/mol. The van der Waals surface area contributed by atoms with Crippen molar-refractivity contribution in [3.05, 3.63) is 35.4 Å². The number of carbonyl (C=O) groups excluding carboxylic acids is 2. The van der Waals surface area contributed by atoms with E-state index in [0.717, 1.165) is 0 Å². The molecular weight excluding hydrogens is 448 g/mol. The Hall–Kier alpha value is -2.08. The van der Waals surface area contributed by atoms with Crippen molar-refractivity contribution in [1.29, 1.82) is 0 Å². The van der Waals surface area contributed by atoms with E-state index in [4.69, 9.17) is 37.9 Å². The molecule has 0 saturated heterocycles. The molecule has 10 heteroatoms. The highest BCUT2D eigenvalue weighted by Gasteiger charge is 2.39. The molecule has 0 saturated carbocycles. The smallest absolute Gasteiger partial charge is 0.354 e. The van der Waals surface area contributed by atoms with Crippen LogP contribution in [-0.4, -0.2) is 76.7 Å². The highest BCUT2D eigenvalue weighted by atomic mass is 16.9. The van der Waals surface area contributed by atoms with E-state index in [-0.39, 0.29) is 50.8 Å². The summed E-state index contributed by atoms with van der Waals surface area (Å²) >= 11 is 0. The lowest BCUT2D eigenvalue weighted by molar-refractivity contribution is -0.368. The van der Waals surface area contributed by atoms with Gasteiger partial charge in [-0.05, 0) is 59.7 Å². The number of ether oxygens (including phenoxy) is 8. The Bertz CT molecular complexity index is 667. The van der Waals surface area contributed by atoms with Crippen LogP contribution in [0.25, 0.3) is 0 Å². The molecule has 0 aromatic heterocycles. The first-order chi connectivity index (χ1) is 16.3. The third-order valence-electron chi connectivity index (χ3n) is 4.25. The molecule has 1 aromatic carbocycles. The van der Waals surface area contributed by atoms with E-state index in [1.54, 1.807) is 41.5 Å². The summed E-state index contributed by atoms with van der Waals surface area (Å²) in [7, 11) is 0. The molecule has 0 amide bonds. The van der Waals surface area contributed by atoms with Gasteiger partial charge in [-0.2, -0.15) is 0 Å². The maximum Gasteiger partial charge on any atom is 0.354 e. The lowest BCUT2D eigenvalue weighted by Crippen LogP contribution is -2.46. The van der Waals surface area contributed by atoms with Gasteiger partial charge in [0.05, 0.1) is 37.6 Å². The van der Waals surface area contributed by atoms with Gasteiger partial charge in [0.25, 0.3) is 0 Å². The van der Waals surface area contributed by atoms with Crippen molar-refractivity contribution >= 4 is 11.9 Å². The number of carbonyl (C=O) groups is 2. The summed E-state index contributed by atoms with van der Waals surface area (Å²) < 4.78 is 44.2. The van der Waals surface area contributed by atoms with Crippen LogP contribution in [0.2, 0.25) is 0 Å². The summed E-state index contributed by atoms with van der Waals surface area (Å²) in [4.78, 5) is 25.8. The third-order valence-corrected chi connectivity index (χ3v) is 4.25. The first-order valence-corrected chi connectivity index (χ1v) is 11.6. The number of esters is 2. The average Bonchev–Trinajstić information content (AvgIpc) is 2.82. The van der Waals surface area contributed by atoms with Crippen molar-refractivity contribution in [1.82, 2.24) is 0 Å². The van der Waals surface area contributed by atoms with Crippen LogP contribution >= 0.6 is 0 Å². The van der Waals surface area contributed by atoms with E-state index in [1.165, 1.54) is 24.3 Å². The summed E-state index contributed by atoms with van der Waals surface area (Å²) in [6, 6.07) is 5.88. The molecule has 0 spiro atoms. The van der Waals surface area contributed by atoms with Crippen LogP contribution in [-0.2, 0) is 37.9 Å². The normalized spacial score (nSPS) is 11.9. The standard InChI is InChI=1S/C24H38O10/c1-7-27-17-23(29-9-3,30-10-4)33-21(25)19-14-13-15-20(16-19)22(26)34-24(31-11-5,32-12-6)18-28-8-2/h13-16H,7-12,17-18H2,1-6H3. The van der Waals surface area contributed by atoms with Crippen molar-refractivity contribution in [3.63, 3.8) is 0 Å². The molecule has 34 heavy (non-hydrogen) atoms.